The average molecular weight is 236 g/mol. The Labute approximate surface area is 105 Å². The number of likely N-dealkylation sites (N-methyl/N-ethyl adjacent to an activating group) is 1. The topological polar surface area (TPSA) is 24.5 Å². The van der Waals surface area contributed by atoms with Crippen LogP contribution in [0.15, 0.2) is 24.3 Å². The highest BCUT2D eigenvalue weighted by Crippen LogP contribution is 2.26. The van der Waals surface area contributed by atoms with E-state index in [-0.39, 0.29) is 0 Å². The Morgan fingerprint density at radius 1 is 1.35 bits per heavy atom. The zero-order chi connectivity index (χ0) is 12.7. The van der Waals surface area contributed by atoms with Gasteiger partial charge in [0.05, 0.1) is 12.8 Å². The van der Waals surface area contributed by atoms with E-state index in [1.54, 1.807) is 7.11 Å². The van der Waals surface area contributed by atoms with E-state index in [2.05, 4.69) is 37.2 Å². The molecule has 1 atom stereocenters. The van der Waals surface area contributed by atoms with Crippen molar-refractivity contribution in [3.05, 3.63) is 24.3 Å². The maximum atomic E-state index is 5.37. The Kier molecular flexibility index (Phi) is 5.84. The molecule has 1 rings (SSSR count). The molecule has 96 valence electrons. The largest absolute Gasteiger partial charge is 0.495 e. The zero-order valence-corrected chi connectivity index (χ0v) is 11.4. The molecule has 0 fully saturated rings. The monoisotopic (exact) mass is 236 g/mol. The fourth-order valence-corrected chi connectivity index (χ4v) is 1.91. The number of nitrogens with zero attached hydrogens (tertiary/aromatic N) is 1. The summed E-state index contributed by atoms with van der Waals surface area (Å²) in [7, 11) is 3.81. The van der Waals surface area contributed by atoms with Crippen LogP contribution in [0.1, 0.15) is 20.3 Å². The molecule has 0 heterocycles. The fourth-order valence-electron chi connectivity index (χ4n) is 1.91. The first-order chi connectivity index (χ1) is 8.19. The number of hydrogen-bond acceptors (Lipinski definition) is 3. The molecule has 0 aromatic heterocycles. The van der Waals surface area contributed by atoms with Crippen molar-refractivity contribution in [3.8, 4) is 5.75 Å². The lowest BCUT2D eigenvalue weighted by Gasteiger charge is -2.25. The van der Waals surface area contributed by atoms with Gasteiger partial charge in [0, 0.05) is 19.6 Å². The normalized spacial score (nSPS) is 12.2. The van der Waals surface area contributed by atoms with E-state index < -0.39 is 0 Å². The first-order valence-corrected chi connectivity index (χ1v) is 6.26. The number of methoxy groups -OCH3 is 1. The van der Waals surface area contributed by atoms with Gasteiger partial charge in [0.15, 0.2) is 0 Å². The van der Waals surface area contributed by atoms with Gasteiger partial charge in [0.1, 0.15) is 5.75 Å². The van der Waals surface area contributed by atoms with Crippen LogP contribution in [0, 0.1) is 0 Å². The van der Waals surface area contributed by atoms with Gasteiger partial charge in [-0.25, -0.2) is 0 Å². The van der Waals surface area contributed by atoms with Crippen LogP contribution >= 0.6 is 0 Å². The second-order valence-electron chi connectivity index (χ2n) is 4.41. The Morgan fingerprint density at radius 3 is 2.71 bits per heavy atom. The van der Waals surface area contributed by atoms with E-state index in [1.165, 1.54) is 6.42 Å². The molecule has 0 spiro atoms. The highest BCUT2D eigenvalue weighted by molar-refractivity contribution is 5.57. The van der Waals surface area contributed by atoms with Crippen molar-refractivity contribution in [2.75, 3.05) is 32.1 Å². The zero-order valence-electron chi connectivity index (χ0n) is 11.4. The second kappa shape index (κ2) is 7.17. The van der Waals surface area contributed by atoms with Gasteiger partial charge in [0.25, 0.3) is 0 Å². The molecule has 3 heteroatoms. The smallest absolute Gasteiger partial charge is 0.142 e. The van der Waals surface area contributed by atoms with Crippen LogP contribution in [-0.4, -0.2) is 33.3 Å². The third kappa shape index (κ3) is 4.27. The Hall–Kier alpha value is -1.22. The Balaban J connectivity index is 2.59. The first kappa shape index (κ1) is 13.8. The predicted octanol–water partition coefficient (Wildman–Crippen LogP) is 2.52. The van der Waals surface area contributed by atoms with Crippen LogP contribution in [0.5, 0.6) is 5.75 Å². The number of benzene rings is 1. The van der Waals surface area contributed by atoms with Crippen molar-refractivity contribution in [2.45, 2.75) is 26.3 Å². The van der Waals surface area contributed by atoms with Crippen molar-refractivity contribution in [1.29, 1.82) is 0 Å². The third-order valence-electron chi connectivity index (χ3n) is 2.79. The van der Waals surface area contributed by atoms with E-state index >= 15 is 0 Å². The molecule has 1 N–H and O–H groups in total. The molecule has 1 aromatic carbocycles. The molecular weight excluding hydrogens is 212 g/mol. The van der Waals surface area contributed by atoms with Crippen molar-refractivity contribution in [2.24, 2.45) is 0 Å². The van der Waals surface area contributed by atoms with Gasteiger partial charge in [-0.3, -0.25) is 0 Å². The number of rotatable bonds is 7. The number of ether oxygens (including phenoxy) is 1. The molecule has 0 saturated heterocycles. The highest BCUT2D eigenvalue weighted by atomic mass is 16.5. The molecule has 0 amide bonds. The summed E-state index contributed by atoms with van der Waals surface area (Å²) < 4.78 is 5.37. The molecule has 0 aliphatic carbocycles. The van der Waals surface area contributed by atoms with Gasteiger partial charge in [-0.05, 0) is 32.0 Å². The van der Waals surface area contributed by atoms with Crippen LogP contribution in [0.3, 0.4) is 0 Å². The number of hydrogen-bond donors (Lipinski definition) is 1. The molecule has 0 radical (unpaired) electrons. The van der Waals surface area contributed by atoms with Crippen LogP contribution in [0.25, 0.3) is 0 Å². The van der Waals surface area contributed by atoms with Crippen molar-refractivity contribution >= 4 is 5.69 Å². The van der Waals surface area contributed by atoms with Gasteiger partial charge in [-0.1, -0.05) is 19.1 Å². The molecule has 1 unspecified atom stereocenters. The van der Waals surface area contributed by atoms with Gasteiger partial charge in [-0.15, -0.1) is 0 Å². The molecule has 17 heavy (non-hydrogen) atoms. The molecule has 0 saturated carbocycles. The number of nitrogens with one attached hydrogen (secondary N) is 1. The summed E-state index contributed by atoms with van der Waals surface area (Å²) >= 11 is 0. The summed E-state index contributed by atoms with van der Waals surface area (Å²) in [5.41, 5.74) is 1.14. The predicted molar refractivity (Wildman–Crippen MR) is 74.0 cm³/mol. The molecular formula is C14H24N2O. The van der Waals surface area contributed by atoms with E-state index in [0.29, 0.717) is 6.04 Å². The number of anilines is 1. The van der Waals surface area contributed by atoms with E-state index in [0.717, 1.165) is 24.5 Å². The lowest BCUT2D eigenvalue weighted by atomic mass is 10.2. The summed E-state index contributed by atoms with van der Waals surface area (Å²) in [5, 5.41) is 3.49. The van der Waals surface area contributed by atoms with Gasteiger partial charge < -0.3 is 15.0 Å². The van der Waals surface area contributed by atoms with Crippen LogP contribution < -0.4 is 15.0 Å². The Bertz CT molecular complexity index is 328. The molecule has 0 bridgehead atoms. The van der Waals surface area contributed by atoms with Crippen molar-refractivity contribution in [3.63, 3.8) is 0 Å². The quantitative estimate of drug-likeness (QED) is 0.787. The molecule has 3 nitrogen and oxygen atoms in total. The van der Waals surface area contributed by atoms with Crippen LogP contribution in [0.2, 0.25) is 0 Å². The minimum absolute atomic E-state index is 0.477. The maximum Gasteiger partial charge on any atom is 0.142 e. The lowest BCUT2D eigenvalue weighted by Crippen LogP contribution is -2.37. The van der Waals surface area contributed by atoms with Crippen molar-refractivity contribution in [1.82, 2.24) is 5.32 Å². The van der Waals surface area contributed by atoms with Gasteiger partial charge in [-0.2, -0.15) is 0 Å². The van der Waals surface area contributed by atoms with Crippen LogP contribution in [0.4, 0.5) is 5.69 Å². The SMILES string of the molecule is CCCNC(C)CN(C)c1ccccc1OC. The van der Waals surface area contributed by atoms with E-state index in [9.17, 15) is 0 Å². The van der Waals surface area contributed by atoms with E-state index in [4.69, 9.17) is 4.74 Å². The lowest BCUT2D eigenvalue weighted by molar-refractivity contribution is 0.414. The molecule has 0 aliphatic heterocycles. The summed E-state index contributed by atoms with van der Waals surface area (Å²) in [4.78, 5) is 2.23. The minimum atomic E-state index is 0.477. The third-order valence-corrected chi connectivity index (χ3v) is 2.79. The standard InChI is InChI=1S/C14H24N2O/c1-5-10-15-12(2)11-16(3)13-8-6-7-9-14(13)17-4/h6-9,12,15H,5,10-11H2,1-4H3. The first-order valence-electron chi connectivity index (χ1n) is 6.26. The maximum absolute atomic E-state index is 5.37. The molecule has 1 aromatic rings. The summed E-state index contributed by atoms with van der Waals surface area (Å²) in [5.74, 6) is 0.928. The summed E-state index contributed by atoms with van der Waals surface area (Å²) in [6.07, 6.45) is 1.17. The fraction of sp³-hybridized carbons (Fsp3) is 0.571. The van der Waals surface area contributed by atoms with Gasteiger partial charge in [0.2, 0.25) is 0 Å². The minimum Gasteiger partial charge on any atom is -0.495 e. The highest BCUT2D eigenvalue weighted by Gasteiger charge is 2.10. The van der Waals surface area contributed by atoms with Gasteiger partial charge >= 0.3 is 0 Å². The average Bonchev–Trinajstić information content (AvgIpc) is 2.36. The van der Waals surface area contributed by atoms with E-state index in [1.807, 2.05) is 18.2 Å². The summed E-state index contributed by atoms with van der Waals surface area (Å²) in [6.45, 7) is 6.44. The van der Waals surface area contributed by atoms with Crippen molar-refractivity contribution < 1.29 is 4.74 Å². The molecule has 0 aliphatic rings. The van der Waals surface area contributed by atoms with Crippen LogP contribution in [-0.2, 0) is 0 Å². The second-order valence-corrected chi connectivity index (χ2v) is 4.41. The number of para-hydroxylation sites is 2. The summed E-state index contributed by atoms with van der Waals surface area (Å²) in [6, 6.07) is 8.60. The Morgan fingerprint density at radius 2 is 2.06 bits per heavy atom.